The van der Waals surface area contributed by atoms with E-state index in [1.807, 2.05) is 0 Å². The van der Waals surface area contributed by atoms with Gasteiger partial charge in [-0.15, -0.1) is 0 Å². The second kappa shape index (κ2) is 10.9. The molecular formula is C25H46N2O2. The number of piperidine rings is 1. The maximum absolute atomic E-state index is 13.0. The molecule has 168 valence electrons. The van der Waals surface area contributed by atoms with Crippen molar-refractivity contribution < 1.29 is 9.59 Å². The summed E-state index contributed by atoms with van der Waals surface area (Å²) < 4.78 is 0. The fraction of sp³-hybridized carbons (Fsp3) is 0.920. The Balaban J connectivity index is 1.70. The summed E-state index contributed by atoms with van der Waals surface area (Å²) >= 11 is 0. The Labute approximate surface area is 179 Å². The Kier molecular flexibility index (Phi) is 9.18. The minimum atomic E-state index is -0.0716. The highest BCUT2D eigenvalue weighted by atomic mass is 16.2. The summed E-state index contributed by atoms with van der Waals surface area (Å²) in [6.07, 6.45) is 16.0. The zero-order chi connectivity index (χ0) is 21.5. The molecule has 0 aromatic rings. The number of nitrogens with zero attached hydrogens (tertiary/aromatic N) is 1. The van der Waals surface area contributed by atoms with Crippen LogP contribution in [0.5, 0.6) is 0 Å². The first kappa shape index (κ1) is 24.4. The molecule has 0 bridgehead atoms. The van der Waals surface area contributed by atoms with E-state index in [4.69, 9.17) is 0 Å². The van der Waals surface area contributed by atoms with Gasteiger partial charge in [-0.25, -0.2) is 0 Å². The highest BCUT2D eigenvalue weighted by molar-refractivity contribution is 6.03. The number of nitrogens with one attached hydrogen (secondary N) is 1. The van der Waals surface area contributed by atoms with Crippen LogP contribution in [-0.4, -0.2) is 33.8 Å². The minimum absolute atomic E-state index is 0.0407. The fourth-order valence-corrected chi connectivity index (χ4v) is 5.65. The van der Waals surface area contributed by atoms with Gasteiger partial charge in [-0.3, -0.25) is 14.5 Å². The lowest BCUT2D eigenvalue weighted by Crippen LogP contribution is -2.62. The first-order chi connectivity index (χ1) is 13.7. The van der Waals surface area contributed by atoms with Crippen LogP contribution in [0.3, 0.4) is 0 Å². The smallest absolute Gasteiger partial charge is 0.233 e. The Bertz CT molecular complexity index is 525. The van der Waals surface area contributed by atoms with Crippen LogP contribution in [-0.2, 0) is 9.59 Å². The van der Waals surface area contributed by atoms with Gasteiger partial charge in [-0.2, -0.15) is 0 Å². The van der Waals surface area contributed by atoms with Crippen LogP contribution in [0.15, 0.2) is 0 Å². The van der Waals surface area contributed by atoms with Gasteiger partial charge in [0.25, 0.3) is 0 Å². The maximum Gasteiger partial charge on any atom is 0.233 e. The van der Waals surface area contributed by atoms with Crippen molar-refractivity contribution in [1.29, 1.82) is 0 Å². The third-order valence-electron chi connectivity index (χ3n) is 6.72. The van der Waals surface area contributed by atoms with Gasteiger partial charge in [0.05, 0.1) is 0 Å². The lowest BCUT2D eigenvalue weighted by atomic mass is 9.79. The van der Waals surface area contributed by atoms with Crippen LogP contribution in [0.2, 0.25) is 0 Å². The first-order valence-electron chi connectivity index (χ1n) is 12.3. The van der Waals surface area contributed by atoms with Crippen LogP contribution in [0.1, 0.15) is 125 Å². The molecule has 4 nitrogen and oxygen atoms in total. The molecule has 2 rings (SSSR count). The zero-order valence-corrected chi connectivity index (χ0v) is 19.8. The third kappa shape index (κ3) is 7.70. The molecule has 29 heavy (non-hydrogen) atoms. The van der Waals surface area contributed by atoms with Gasteiger partial charge in [0.2, 0.25) is 11.8 Å². The summed E-state index contributed by atoms with van der Waals surface area (Å²) in [5.41, 5.74) is -0.108. The molecule has 0 saturated carbocycles. The highest BCUT2D eigenvalue weighted by Crippen LogP contribution is 2.36. The number of hydrogen-bond acceptors (Lipinski definition) is 3. The van der Waals surface area contributed by atoms with E-state index in [-0.39, 0.29) is 34.9 Å². The molecule has 2 fully saturated rings. The number of carbonyl (C=O) groups excluding carboxylic acids is 2. The average Bonchev–Trinajstić information content (AvgIpc) is 2.87. The molecule has 0 aliphatic carbocycles. The molecule has 1 N–H and O–H groups in total. The van der Waals surface area contributed by atoms with Gasteiger partial charge >= 0.3 is 0 Å². The van der Waals surface area contributed by atoms with E-state index < -0.39 is 0 Å². The minimum Gasteiger partial charge on any atom is -0.307 e. The van der Waals surface area contributed by atoms with Crippen molar-refractivity contribution in [2.45, 2.75) is 142 Å². The van der Waals surface area contributed by atoms with E-state index >= 15 is 0 Å². The Hall–Kier alpha value is -0.900. The van der Waals surface area contributed by atoms with Crippen LogP contribution in [0.25, 0.3) is 0 Å². The molecule has 4 heteroatoms. The van der Waals surface area contributed by atoms with Crippen LogP contribution in [0.4, 0.5) is 0 Å². The zero-order valence-electron chi connectivity index (χ0n) is 19.8. The molecule has 1 atom stereocenters. The van der Waals surface area contributed by atoms with Gasteiger partial charge in [-0.05, 0) is 47.0 Å². The third-order valence-corrected chi connectivity index (χ3v) is 6.72. The standard InChI is InChI=1S/C25H46N2O2/c1-6-7-8-9-10-11-12-13-14-15-16-20-17-22(28)27(23(20)29)21-18-24(2,3)26-25(4,5)19-21/h20-21,26H,6-19H2,1-5H3/t20-/m0/s1. The van der Waals surface area contributed by atoms with E-state index in [0.29, 0.717) is 6.42 Å². The van der Waals surface area contributed by atoms with Crippen LogP contribution in [0, 0.1) is 5.92 Å². The lowest BCUT2D eigenvalue weighted by Gasteiger charge is -2.48. The number of rotatable bonds is 12. The van der Waals surface area contributed by atoms with E-state index in [1.54, 1.807) is 4.90 Å². The van der Waals surface area contributed by atoms with Crippen molar-refractivity contribution in [3.05, 3.63) is 0 Å². The molecule has 2 saturated heterocycles. The van der Waals surface area contributed by atoms with Gasteiger partial charge in [0.15, 0.2) is 0 Å². The summed E-state index contributed by atoms with van der Waals surface area (Å²) in [6, 6.07) is 0.0407. The number of imide groups is 1. The van der Waals surface area contributed by atoms with E-state index in [1.165, 1.54) is 57.8 Å². The molecular weight excluding hydrogens is 360 g/mol. The van der Waals surface area contributed by atoms with Gasteiger partial charge in [0, 0.05) is 29.5 Å². The largest absolute Gasteiger partial charge is 0.307 e. The number of unbranched alkanes of at least 4 members (excludes halogenated alkanes) is 9. The number of amides is 2. The maximum atomic E-state index is 13.0. The van der Waals surface area contributed by atoms with Gasteiger partial charge in [-0.1, -0.05) is 71.1 Å². The molecule has 2 heterocycles. The van der Waals surface area contributed by atoms with Crippen molar-refractivity contribution in [3.8, 4) is 0 Å². The highest BCUT2D eigenvalue weighted by Gasteiger charge is 2.47. The van der Waals surface area contributed by atoms with Crippen molar-refractivity contribution in [2.75, 3.05) is 0 Å². The predicted molar refractivity (Wildman–Crippen MR) is 121 cm³/mol. The summed E-state index contributed by atoms with van der Waals surface area (Å²) in [6.45, 7) is 11.0. The summed E-state index contributed by atoms with van der Waals surface area (Å²) in [5.74, 6) is 0.0904. The molecule has 2 aliphatic rings. The topological polar surface area (TPSA) is 49.4 Å². The summed E-state index contributed by atoms with van der Waals surface area (Å²) in [5, 5.41) is 3.65. The number of hydrogen-bond donors (Lipinski definition) is 1. The molecule has 2 amide bonds. The molecule has 0 aromatic carbocycles. The van der Waals surface area contributed by atoms with E-state index in [2.05, 4.69) is 39.9 Å². The second-order valence-corrected chi connectivity index (χ2v) is 10.9. The van der Waals surface area contributed by atoms with Crippen molar-refractivity contribution in [3.63, 3.8) is 0 Å². The van der Waals surface area contributed by atoms with Crippen molar-refractivity contribution in [2.24, 2.45) is 5.92 Å². The Morgan fingerprint density at radius 2 is 1.31 bits per heavy atom. The van der Waals surface area contributed by atoms with E-state index in [0.717, 1.165) is 25.7 Å². The van der Waals surface area contributed by atoms with Gasteiger partial charge in [0.1, 0.15) is 0 Å². The molecule has 0 unspecified atom stereocenters. The fourth-order valence-electron chi connectivity index (χ4n) is 5.65. The lowest BCUT2D eigenvalue weighted by molar-refractivity contribution is -0.144. The van der Waals surface area contributed by atoms with Crippen LogP contribution >= 0.6 is 0 Å². The van der Waals surface area contributed by atoms with Gasteiger partial charge < -0.3 is 5.32 Å². The Morgan fingerprint density at radius 1 is 0.828 bits per heavy atom. The average molecular weight is 407 g/mol. The molecule has 0 radical (unpaired) electrons. The molecule has 2 aliphatic heterocycles. The predicted octanol–water partition coefficient (Wildman–Crippen LogP) is 5.98. The molecule has 0 aromatic heterocycles. The molecule has 0 spiro atoms. The van der Waals surface area contributed by atoms with E-state index in [9.17, 15) is 9.59 Å². The quantitative estimate of drug-likeness (QED) is 0.320. The SMILES string of the molecule is CCCCCCCCCCCC[C@H]1CC(=O)N(C2CC(C)(C)NC(C)(C)C2)C1=O. The van der Waals surface area contributed by atoms with Crippen molar-refractivity contribution in [1.82, 2.24) is 10.2 Å². The second-order valence-electron chi connectivity index (χ2n) is 10.9. The Morgan fingerprint density at radius 3 is 1.83 bits per heavy atom. The number of likely N-dealkylation sites (tertiary alicyclic amines) is 1. The first-order valence-corrected chi connectivity index (χ1v) is 12.3. The van der Waals surface area contributed by atoms with Crippen molar-refractivity contribution >= 4 is 11.8 Å². The van der Waals surface area contributed by atoms with Crippen LogP contribution < -0.4 is 5.32 Å². The summed E-state index contributed by atoms with van der Waals surface area (Å²) in [4.78, 5) is 27.3. The monoisotopic (exact) mass is 406 g/mol. The number of carbonyl (C=O) groups is 2. The normalized spacial score (nSPS) is 24.4. The summed E-state index contributed by atoms with van der Waals surface area (Å²) in [7, 11) is 0.